The van der Waals surface area contributed by atoms with Crippen LogP contribution in [0.3, 0.4) is 0 Å². The van der Waals surface area contributed by atoms with E-state index in [4.69, 9.17) is 0 Å². The molecule has 1 aliphatic heterocycles. The second-order valence-electron chi connectivity index (χ2n) is 5.45. The third kappa shape index (κ3) is 3.28. The molecule has 1 aliphatic rings. The van der Waals surface area contributed by atoms with Gasteiger partial charge in [0.15, 0.2) is 0 Å². The molecule has 2 heterocycles. The van der Waals surface area contributed by atoms with Gasteiger partial charge in [-0.3, -0.25) is 19.4 Å². The third-order valence-corrected chi connectivity index (χ3v) is 3.73. The van der Waals surface area contributed by atoms with Gasteiger partial charge in [0.1, 0.15) is 5.56 Å². The molecule has 0 aromatic carbocycles. The van der Waals surface area contributed by atoms with Gasteiger partial charge in [0.05, 0.1) is 38.9 Å². The van der Waals surface area contributed by atoms with Gasteiger partial charge in [0.2, 0.25) is 5.88 Å². The molecule has 0 radical (unpaired) electrons. The standard InChI is InChI=1S/C14H21N5O3/c1-4-5-19-13(21)11(12(20)15-14(19)22)10(2)16-18-8-6-17(3)7-9-18/h4,21H,1,5-9H2,2-3H3,(H,15,20,22)/p+1/b16-10+. The third-order valence-electron chi connectivity index (χ3n) is 3.73. The summed E-state index contributed by atoms with van der Waals surface area (Å²) in [5, 5.41) is 16.5. The molecule has 1 fully saturated rings. The molecule has 0 unspecified atom stereocenters. The Labute approximate surface area is 128 Å². The van der Waals surface area contributed by atoms with Crippen molar-refractivity contribution in [3.63, 3.8) is 0 Å². The Bertz CT molecular complexity index is 695. The van der Waals surface area contributed by atoms with Crippen LogP contribution >= 0.6 is 0 Å². The predicted octanol–water partition coefficient (Wildman–Crippen LogP) is -2.02. The molecule has 8 nitrogen and oxygen atoms in total. The zero-order valence-electron chi connectivity index (χ0n) is 12.9. The van der Waals surface area contributed by atoms with Crippen molar-refractivity contribution in [2.45, 2.75) is 13.5 Å². The minimum absolute atomic E-state index is 0.0210. The number of quaternary nitrogens is 1. The highest BCUT2D eigenvalue weighted by Crippen LogP contribution is 2.12. The fourth-order valence-electron chi connectivity index (χ4n) is 2.42. The summed E-state index contributed by atoms with van der Waals surface area (Å²) in [6, 6.07) is 0. The fourth-order valence-corrected chi connectivity index (χ4v) is 2.42. The summed E-state index contributed by atoms with van der Waals surface area (Å²) in [5.41, 5.74) is -0.894. The molecule has 1 saturated heterocycles. The number of piperazine rings is 1. The zero-order valence-corrected chi connectivity index (χ0v) is 12.9. The monoisotopic (exact) mass is 308 g/mol. The Hall–Kier alpha value is -2.35. The zero-order chi connectivity index (χ0) is 16.3. The van der Waals surface area contributed by atoms with E-state index < -0.39 is 11.2 Å². The van der Waals surface area contributed by atoms with Gasteiger partial charge in [-0.15, -0.1) is 6.58 Å². The van der Waals surface area contributed by atoms with Crippen LogP contribution in [0.1, 0.15) is 12.5 Å². The first-order valence-corrected chi connectivity index (χ1v) is 7.22. The van der Waals surface area contributed by atoms with Crippen molar-refractivity contribution in [3.8, 4) is 5.88 Å². The SMILES string of the molecule is C=CCn1c(O)c(/C(C)=N/N2CC[NH+](C)CC2)c(=O)[nH]c1=O. The number of nitrogens with one attached hydrogen (secondary N) is 2. The number of likely N-dealkylation sites (N-methyl/N-ethyl adjacent to an activating group) is 1. The van der Waals surface area contributed by atoms with Gasteiger partial charge in [0, 0.05) is 6.54 Å². The lowest BCUT2D eigenvalue weighted by Crippen LogP contribution is -3.11. The second kappa shape index (κ2) is 6.61. The van der Waals surface area contributed by atoms with Crippen LogP contribution in [0.25, 0.3) is 0 Å². The van der Waals surface area contributed by atoms with E-state index in [2.05, 4.69) is 23.7 Å². The van der Waals surface area contributed by atoms with E-state index in [1.807, 2.05) is 5.01 Å². The summed E-state index contributed by atoms with van der Waals surface area (Å²) in [4.78, 5) is 27.3. The van der Waals surface area contributed by atoms with Crippen LogP contribution in [0.5, 0.6) is 5.88 Å². The van der Waals surface area contributed by atoms with Crippen molar-refractivity contribution in [2.24, 2.45) is 5.10 Å². The van der Waals surface area contributed by atoms with Crippen molar-refractivity contribution >= 4 is 5.71 Å². The van der Waals surface area contributed by atoms with Gasteiger partial charge < -0.3 is 10.0 Å². The van der Waals surface area contributed by atoms with Gasteiger partial charge in [0.25, 0.3) is 5.56 Å². The van der Waals surface area contributed by atoms with Crippen LogP contribution in [0.2, 0.25) is 0 Å². The normalized spacial score (nSPS) is 16.8. The summed E-state index contributed by atoms with van der Waals surface area (Å²) in [6.07, 6.45) is 1.47. The molecule has 22 heavy (non-hydrogen) atoms. The van der Waals surface area contributed by atoms with Crippen LogP contribution in [0.4, 0.5) is 0 Å². The molecule has 0 atom stereocenters. The van der Waals surface area contributed by atoms with Crippen LogP contribution in [0, 0.1) is 0 Å². The van der Waals surface area contributed by atoms with Gasteiger partial charge in [-0.05, 0) is 6.92 Å². The predicted molar refractivity (Wildman–Crippen MR) is 83.6 cm³/mol. The number of allylic oxidation sites excluding steroid dienone is 1. The average molecular weight is 308 g/mol. The number of hydrogen-bond donors (Lipinski definition) is 3. The molecule has 0 spiro atoms. The molecule has 1 aromatic heterocycles. The lowest BCUT2D eigenvalue weighted by atomic mass is 10.2. The maximum atomic E-state index is 12.0. The van der Waals surface area contributed by atoms with E-state index in [0.717, 1.165) is 30.7 Å². The maximum Gasteiger partial charge on any atom is 0.331 e. The lowest BCUT2D eigenvalue weighted by molar-refractivity contribution is -0.884. The van der Waals surface area contributed by atoms with Crippen LogP contribution in [0.15, 0.2) is 27.3 Å². The molecule has 3 N–H and O–H groups in total. The quantitative estimate of drug-likeness (QED) is 0.442. The number of nitrogens with zero attached hydrogens (tertiary/aromatic N) is 3. The van der Waals surface area contributed by atoms with Crippen molar-refractivity contribution < 1.29 is 10.0 Å². The highest BCUT2D eigenvalue weighted by atomic mass is 16.3. The van der Waals surface area contributed by atoms with E-state index in [9.17, 15) is 14.7 Å². The number of hydrogen-bond acceptors (Lipinski definition) is 5. The van der Waals surface area contributed by atoms with Crippen molar-refractivity contribution in [2.75, 3.05) is 33.2 Å². The first-order valence-electron chi connectivity index (χ1n) is 7.22. The highest BCUT2D eigenvalue weighted by Gasteiger charge is 2.19. The summed E-state index contributed by atoms with van der Waals surface area (Å²) in [7, 11) is 2.12. The van der Waals surface area contributed by atoms with E-state index in [1.54, 1.807) is 6.92 Å². The minimum Gasteiger partial charge on any atom is -0.494 e. The minimum atomic E-state index is -0.665. The number of H-pyrrole nitrogens is 1. The Morgan fingerprint density at radius 2 is 2.09 bits per heavy atom. The molecule has 120 valence electrons. The van der Waals surface area contributed by atoms with Crippen molar-refractivity contribution in [1.82, 2.24) is 14.6 Å². The number of rotatable bonds is 4. The van der Waals surface area contributed by atoms with Crippen LogP contribution < -0.4 is 16.1 Å². The largest absolute Gasteiger partial charge is 0.494 e. The maximum absolute atomic E-state index is 12.0. The number of aromatic hydroxyl groups is 1. The summed E-state index contributed by atoms with van der Waals surface area (Å²) < 4.78 is 1.05. The van der Waals surface area contributed by atoms with Crippen LogP contribution in [-0.2, 0) is 6.54 Å². The molecule has 1 aromatic rings. The number of aromatic amines is 1. The molecule has 0 saturated carbocycles. The Morgan fingerprint density at radius 3 is 2.68 bits per heavy atom. The average Bonchev–Trinajstić information content (AvgIpc) is 2.45. The molecule has 0 bridgehead atoms. The lowest BCUT2D eigenvalue weighted by Gasteiger charge is -2.28. The van der Waals surface area contributed by atoms with E-state index >= 15 is 0 Å². The van der Waals surface area contributed by atoms with Crippen molar-refractivity contribution in [1.29, 1.82) is 0 Å². The summed E-state index contributed by atoms with van der Waals surface area (Å²) in [5.74, 6) is -0.380. The topological polar surface area (TPSA) is 95.1 Å². The molecule has 0 aliphatic carbocycles. The second-order valence-corrected chi connectivity index (χ2v) is 5.45. The molecular weight excluding hydrogens is 286 g/mol. The van der Waals surface area contributed by atoms with Gasteiger partial charge >= 0.3 is 5.69 Å². The van der Waals surface area contributed by atoms with Crippen LogP contribution in [-0.4, -0.2) is 58.6 Å². The number of hydrazone groups is 1. The van der Waals surface area contributed by atoms with Crippen molar-refractivity contribution in [3.05, 3.63) is 39.1 Å². The number of aromatic nitrogens is 2. The van der Waals surface area contributed by atoms with Gasteiger partial charge in [-0.2, -0.15) is 5.10 Å². The van der Waals surface area contributed by atoms with E-state index in [0.29, 0.717) is 5.71 Å². The Morgan fingerprint density at radius 1 is 1.45 bits per heavy atom. The summed E-state index contributed by atoms with van der Waals surface area (Å²) >= 11 is 0. The summed E-state index contributed by atoms with van der Waals surface area (Å²) in [6.45, 7) is 8.80. The first-order chi connectivity index (χ1) is 10.4. The van der Waals surface area contributed by atoms with E-state index in [1.165, 1.54) is 11.0 Å². The van der Waals surface area contributed by atoms with Gasteiger partial charge in [-0.25, -0.2) is 4.79 Å². The Kier molecular flexibility index (Phi) is 4.81. The van der Waals surface area contributed by atoms with E-state index in [-0.39, 0.29) is 18.0 Å². The molecular formula is C14H22N5O3+. The highest BCUT2D eigenvalue weighted by molar-refractivity contribution is 6.00. The smallest absolute Gasteiger partial charge is 0.331 e. The molecule has 2 rings (SSSR count). The first kappa shape index (κ1) is 16.0. The molecule has 0 amide bonds. The van der Waals surface area contributed by atoms with Gasteiger partial charge in [-0.1, -0.05) is 6.08 Å². The Balaban J connectivity index is 2.39. The molecule has 8 heteroatoms. The fraction of sp³-hybridized carbons (Fsp3) is 0.500.